The van der Waals surface area contributed by atoms with Crippen LogP contribution in [0.3, 0.4) is 0 Å². The number of hydrogen-bond donors (Lipinski definition) is 2. The first-order valence-corrected chi connectivity index (χ1v) is 9.37. The molecule has 0 unspecified atom stereocenters. The van der Waals surface area contributed by atoms with Crippen LogP contribution in [-0.4, -0.2) is 35.5 Å². The SMILES string of the molecule is COC(=O)[C@]1(C)N[C@H](c2ccc(O)cc2)[C@@H]2C(=O)N(c3ccc(C)cc3)C(=O)[C@H]21. The van der Waals surface area contributed by atoms with E-state index in [0.29, 0.717) is 11.3 Å². The predicted molar refractivity (Wildman–Crippen MR) is 105 cm³/mol. The van der Waals surface area contributed by atoms with E-state index in [-0.39, 0.29) is 11.7 Å². The molecule has 29 heavy (non-hydrogen) atoms. The van der Waals surface area contributed by atoms with Crippen LogP contribution < -0.4 is 10.2 Å². The van der Waals surface area contributed by atoms with Gasteiger partial charge < -0.3 is 9.84 Å². The van der Waals surface area contributed by atoms with E-state index >= 15 is 0 Å². The molecule has 7 heteroatoms. The highest BCUT2D eigenvalue weighted by molar-refractivity contribution is 6.24. The number of aryl methyl sites for hydroxylation is 1. The van der Waals surface area contributed by atoms with E-state index in [2.05, 4.69) is 5.32 Å². The van der Waals surface area contributed by atoms with Gasteiger partial charge in [0.05, 0.1) is 24.6 Å². The average Bonchev–Trinajstić information content (AvgIpc) is 3.17. The first-order valence-electron chi connectivity index (χ1n) is 9.37. The van der Waals surface area contributed by atoms with E-state index in [9.17, 15) is 19.5 Å². The minimum absolute atomic E-state index is 0.0918. The van der Waals surface area contributed by atoms with E-state index in [1.807, 2.05) is 19.1 Å². The number of phenols is 1. The zero-order valence-corrected chi connectivity index (χ0v) is 16.4. The number of rotatable bonds is 3. The third-order valence-electron chi connectivity index (χ3n) is 5.94. The number of nitrogens with one attached hydrogen (secondary N) is 1. The van der Waals surface area contributed by atoms with Gasteiger partial charge >= 0.3 is 5.97 Å². The van der Waals surface area contributed by atoms with Crippen LogP contribution in [0, 0.1) is 18.8 Å². The van der Waals surface area contributed by atoms with E-state index in [4.69, 9.17) is 4.74 Å². The molecule has 2 saturated heterocycles. The Hall–Kier alpha value is -3.19. The van der Waals surface area contributed by atoms with Gasteiger partial charge in [-0.05, 0) is 43.7 Å². The van der Waals surface area contributed by atoms with E-state index in [0.717, 1.165) is 5.56 Å². The first kappa shape index (κ1) is 19.1. The molecule has 2 N–H and O–H groups in total. The van der Waals surface area contributed by atoms with Crippen LogP contribution in [-0.2, 0) is 19.1 Å². The fraction of sp³-hybridized carbons (Fsp3) is 0.318. The number of ether oxygens (including phenoxy) is 1. The molecule has 2 amide bonds. The summed E-state index contributed by atoms with van der Waals surface area (Å²) < 4.78 is 4.97. The average molecular weight is 394 g/mol. The molecule has 4 atom stereocenters. The minimum atomic E-state index is -1.35. The number of methoxy groups -OCH3 is 1. The third-order valence-corrected chi connectivity index (χ3v) is 5.94. The lowest BCUT2D eigenvalue weighted by atomic mass is 9.80. The van der Waals surface area contributed by atoms with Crippen molar-refractivity contribution in [3.8, 4) is 5.75 Å². The lowest BCUT2D eigenvalue weighted by Gasteiger charge is -2.28. The van der Waals surface area contributed by atoms with Crippen LogP contribution >= 0.6 is 0 Å². The van der Waals surface area contributed by atoms with Gasteiger partial charge in [0.25, 0.3) is 0 Å². The summed E-state index contributed by atoms with van der Waals surface area (Å²) in [5.74, 6) is -2.96. The van der Waals surface area contributed by atoms with Gasteiger partial charge in [-0.15, -0.1) is 0 Å². The summed E-state index contributed by atoms with van der Waals surface area (Å²) in [4.78, 5) is 40.6. The van der Waals surface area contributed by atoms with Gasteiger partial charge in [0.2, 0.25) is 11.8 Å². The summed E-state index contributed by atoms with van der Waals surface area (Å²) in [5, 5.41) is 12.8. The molecule has 2 heterocycles. The van der Waals surface area contributed by atoms with Crippen LogP contribution in [0.2, 0.25) is 0 Å². The normalized spacial score (nSPS) is 28.5. The standard InChI is InChI=1S/C22H22N2O5/c1-12-4-8-14(9-5-12)24-19(26)16-17(20(24)27)22(2,21(28)29-3)23-18(16)13-6-10-15(25)11-7-13/h4-11,16-18,23,25H,1-3H3/t16-,17+,18-,22-/m1/s1. The molecular weight excluding hydrogens is 372 g/mol. The largest absolute Gasteiger partial charge is 0.508 e. The highest BCUT2D eigenvalue weighted by Crippen LogP contribution is 2.50. The van der Waals surface area contributed by atoms with Crippen LogP contribution in [0.5, 0.6) is 5.75 Å². The Kier molecular flexibility index (Phi) is 4.42. The number of phenolic OH excluding ortho intramolecular Hbond substituents is 1. The van der Waals surface area contributed by atoms with Crippen molar-refractivity contribution in [1.82, 2.24) is 5.32 Å². The molecular formula is C22H22N2O5. The first-order chi connectivity index (χ1) is 13.8. The topological polar surface area (TPSA) is 95.9 Å². The van der Waals surface area contributed by atoms with Crippen molar-refractivity contribution in [2.45, 2.75) is 25.4 Å². The van der Waals surface area contributed by atoms with Crippen molar-refractivity contribution in [3.63, 3.8) is 0 Å². The van der Waals surface area contributed by atoms with Crippen LogP contribution in [0.4, 0.5) is 5.69 Å². The molecule has 2 aromatic rings. The van der Waals surface area contributed by atoms with Crippen LogP contribution in [0.1, 0.15) is 24.1 Å². The van der Waals surface area contributed by atoms with Crippen LogP contribution in [0.25, 0.3) is 0 Å². The quantitative estimate of drug-likeness (QED) is 0.611. The van der Waals surface area contributed by atoms with Crippen molar-refractivity contribution in [3.05, 3.63) is 59.7 Å². The van der Waals surface area contributed by atoms with Gasteiger partial charge in [-0.1, -0.05) is 29.8 Å². The number of anilines is 1. The Bertz CT molecular complexity index is 985. The van der Waals surface area contributed by atoms with E-state index in [1.165, 1.54) is 24.1 Å². The second-order valence-electron chi connectivity index (χ2n) is 7.76. The van der Waals surface area contributed by atoms with Gasteiger partial charge in [-0.2, -0.15) is 0 Å². The summed E-state index contributed by atoms with van der Waals surface area (Å²) in [6.07, 6.45) is 0. The maximum Gasteiger partial charge on any atom is 0.326 e. The number of hydrogen-bond acceptors (Lipinski definition) is 6. The second kappa shape index (κ2) is 6.70. The van der Waals surface area contributed by atoms with Crippen molar-refractivity contribution in [1.29, 1.82) is 0 Å². The van der Waals surface area contributed by atoms with Crippen molar-refractivity contribution in [2.24, 2.45) is 11.8 Å². The summed E-state index contributed by atoms with van der Waals surface area (Å²) >= 11 is 0. The number of nitrogens with zero attached hydrogens (tertiary/aromatic N) is 1. The fourth-order valence-corrected chi connectivity index (χ4v) is 4.46. The zero-order valence-electron chi connectivity index (χ0n) is 16.4. The maximum absolute atomic E-state index is 13.4. The minimum Gasteiger partial charge on any atom is -0.508 e. The number of carbonyl (C=O) groups excluding carboxylic acids is 3. The van der Waals surface area contributed by atoms with E-state index < -0.39 is 35.3 Å². The third kappa shape index (κ3) is 2.81. The number of imide groups is 1. The Morgan fingerprint density at radius 1 is 1.07 bits per heavy atom. The maximum atomic E-state index is 13.4. The van der Waals surface area contributed by atoms with Gasteiger partial charge in [-0.25, -0.2) is 4.90 Å². The lowest BCUT2D eigenvalue weighted by Crippen LogP contribution is -2.54. The van der Waals surface area contributed by atoms with Crippen LogP contribution in [0.15, 0.2) is 48.5 Å². The Balaban J connectivity index is 1.81. The summed E-state index contributed by atoms with van der Waals surface area (Å²) in [5.41, 5.74) is 0.846. The van der Waals surface area contributed by atoms with E-state index in [1.54, 1.807) is 31.2 Å². The number of benzene rings is 2. The molecule has 2 aliphatic rings. The van der Waals surface area contributed by atoms with Crippen molar-refractivity contribution in [2.75, 3.05) is 12.0 Å². The Labute approximate surface area is 168 Å². The molecule has 0 aliphatic carbocycles. The number of fused-ring (bicyclic) bond motifs is 1. The number of amides is 2. The smallest absolute Gasteiger partial charge is 0.326 e. The molecule has 0 aromatic heterocycles. The number of aromatic hydroxyl groups is 1. The Morgan fingerprint density at radius 2 is 1.69 bits per heavy atom. The van der Waals surface area contributed by atoms with Gasteiger partial charge in [0.1, 0.15) is 11.3 Å². The van der Waals surface area contributed by atoms with Crippen molar-refractivity contribution < 1.29 is 24.2 Å². The molecule has 2 aliphatic heterocycles. The fourth-order valence-electron chi connectivity index (χ4n) is 4.46. The monoisotopic (exact) mass is 394 g/mol. The number of esters is 1. The lowest BCUT2D eigenvalue weighted by molar-refractivity contribution is -0.151. The zero-order chi connectivity index (χ0) is 20.9. The second-order valence-corrected chi connectivity index (χ2v) is 7.76. The molecule has 2 aromatic carbocycles. The molecule has 0 radical (unpaired) electrons. The summed E-state index contributed by atoms with van der Waals surface area (Å²) in [6, 6.07) is 12.9. The van der Waals surface area contributed by atoms with Gasteiger partial charge in [0, 0.05) is 6.04 Å². The van der Waals surface area contributed by atoms with Gasteiger partial charge in [-0.3, -0.25) is 19.7 Å². The molecule has 0 bridgehead atoms. The van der Waals surface area contributed by atoms with Gasteiger partial charge in [0.15, 0.2) is 0 Å². The Morgan fingerprint density at radius 3 is 2.28 bits per heavy atom. The molecule has 0 saturated carbocycles. The molecule has 7 nitrogen and oxygen atoms in total. The molecule has 2 fully saturated rings. The number of carbonyl (C=O) groups is 3. The van der Waals surface area contributed by atoms with Crippen molar-refractivity contribution >= 4 is 23.5 Å². The molecule has 0 spiro atoms. The summed E-state index contributed by atoms with van der Waals surface area (Å²) in [7, 11) is 1.26. The predicted octanol–water partition coefficient (Wildman–Crippen LogP) is 2.08. The highest BCUT2D eigenvalue weighted by atomic mass is 16.5. The molecule has 4 rings (SSSR count). The molecule has 150 valence electrons. The summed E-state index contributed by atoms with van der Waals surface area (Å²) in [6.45, 7) is 3.52. The highest BCUT2D eigenvalue weighted by Gasteiger charge is 2.67.